The molecule has 0 aliphatic carbocycles. The molecule has 16 heavy (non-hydrogen) atoms. The van der Waals surface area contributed by atoms with Gasteiger partial charge >= 0.3 is 5.97 Å². The van der Waals surface area contributed by atoms with Crippen molar-refractivity contribution in [3.8, 4) is 0 Å². The van der Waals surface area contributed by atoms with Gasteiger partial charge in [0.25, 0.3) is 0 Å². The molecule has 1 N–H and O–H groups in total. The lowest BCUT2D eigenvalue weighted by Gasteiger charge is -2.20. The van der Waals surface area contributed by atoms with Crippen molar-refractivity contribution in [3.05, 3.63) is 28.8 Å². The van der Waals surface area contributed by atoms with Crippen molar-refractivity contribution in [2.24, 2.45) is 0 Å². The smallest absolute Gasteiger partial charge is 0.336 e. The van der Waals surface area contributed by atoms with Crippen molar-refractivity contribution in [1.82, 2.24) is 0 Å². The largest absolute Gasteiger partial charge is 0.611 e. The van der Waals surface area contributed by atoms with Crippen LogP contribution in [0.2, 0.25) is 0 Å². The van der Waals surface area contributed by atoms with Gasteiger partial charge < -0.3 is 9.66 Å². The number of benzene rings is 1. The SMILES string of the molecule is Cc1c(C(=O)O)ccc2c1[S+]([O-])CCC2=O. The van der Waals surface area contributed by atoms with Crippen LogP contribution in [0, 0.1) is 6.92 Å². The van der Waals surface area contributed by atoms with E-state index in [2.05, 4.69) is 0 Å². The quantitative estimate of drug-likeness (QED) is 0.750. The topological polar surface area (TPSA) is 77.4 Å². The number of Topliss-reactive ketones (excluding diaryl/α,β-unsaturated/α-hetero) is 1. The number of hydrogen-bond donors (Lipinski definition) is 1. The molecule has 0 saturated heterocycles. The predicted molar refractivity (Wildman–Crippen MR) is 58.4 cm³/mol. The van der Waals surface area contributed by atoms with Gasteiger partial charge in [-0.15, -0.1) is 0 Å². The summed E-state index contributed by atoms with van der Waals surface area (Å²) >= 11 is -1.26. The Hall–Kier alpha value is -1.33. The Morgan fingerprint density at radius 2 is 2.19 bits per heavy atom. The monoisotopic (exact) mass is 238 g/mol. The standard InChI is InChI=1S/C11H10O4S/c1-6-7(11(13)14)2-3-8-9(12)4-5-16(15)10(6)8/h2-3H,4-5H2,1H3,(H,13,14). The number of carbonyl (C=O) groups is 2. The molecule has 0 saturated carbocycles. The van der Waals surface area contributed by atoms with Crippen LogP contribution in [-0.4, -0.2) is 27.2 Å². The van der Waals surface area contributed by atoms with E-state index in [0.717, 1.165) is 0 Å². The number of fused-ring (bicyclic) bond motifs is 1. The van der Waals surface area contributed by atoms with Crippen LogP contribution in [0.3, 0.4) is 0 Å². The Morgan fingerprint density at radius 3 is 2.81 bits per heavy atom. The van der Waals surface area contributed by atoms with Crippen molar-refractivity contribution in [1.29, 1.82) is 0 Å². The molecule has 0 spiro atoms. The zero-order valence-corrected chi connectivity index (χ0v) is 9.47. The van der Waals surface area contributed by atoms with Gasteiger partial charge in [-0.25, -0.2) is 4.79 Å². The molecule has 1 aromatic rings. The highest BCUT2D eigenvalue weighted by molar-refractivity contribution is 7.91. The van der Waals surface area contributed by atoms with Gasteiger partial charge in [0.2, 0.25) is 0 Å². The molecule has 84 valence electrons. The lowest BCUT2D eigenvalue weighted by atomic mass is 10.0. The highest BCUT2D eigenvalue weighted by atomic mass is 32.2. The molecular weight excluding hydrogens is 228 g/mol. The summed E-state index contributed by atoms with van der Waals surface area (Å²) in [4.78, 5) is 22.9. The molecule has 4 nitrogen and oxygen atoms in total. The zero-order valence-electron chi connectivity index (χ0n) is 8.65. The van der Waals surface area contributed by atoms with Gasteiger partial charge in [0.05, 0.1) is 17.5 Å². The lowest BCUT2D eigenvalue weighted by molar-refractivity contribution is 0.0695. The Bertz CT molecular complexity index is 481. The van der Waals surface area contributed by atoms with Gasteiger partial charge in [-0.2, -0.15) is 0 Å². The third kappa shape index (κ3) is 1.62. The first-order chi connectivity index (χ1) is 7.52. The number of carboxylic acid groups (broad SMARTS) is 1. The van der Waals surface area contributed by atoms with Crippen molar-refractivity contribution < 1.29 is 19.2 Å². The first kappa shape index (κ1) is 11.2. The third-order valence-electron chi connectivity index (χ3n) is 2.68. The van der Waals surface area contributed by atoms with E-state index in [9.17, 15) is 14.1 Å². The number of rotatable bonds is 1. The van der Waals surface area contributed by atoms with E-state index in [4.69, 9.17) is 5.11 Å². The van der Waals surface area contributed by atoms with Crippen molar-refractivity contribution >= 4 is 22.9 Å². The Labute approximate surface area is 95.5 Å². The van der Waals surface area contributed by atoms with Crippen molar-refractivity contribution in [2.45, 2.75) is 18.2 Å². The fraction of sp³-hybridized carbons (Fsp3) is 0.273. The van der Waals surface area contributed by atoms with E-state index < -0.39 is 17.1 Å². The summed E-state index contributed by atoms with van der Waals surface area (Å²) in [6, 6.07) is 2.86. The van der Waals surface area contributed by atoms with Gasteiger partial charge in [-0.1, -0.05) is 0 Å². The van der Waals surface area contributed by atoms with Crippen LogP contribution in [0.1, 0.15) is 32.7 Å². The molecule has 0 fully saturated rings. The zero-order chi connectivity index (χ0) is 11.9. The average Bonchev–Trinajstić information content (AvgIpc) is 2.23. The molecule has 0 aromatic heterocycles. The summed E-state index contributed by atoms with van der Waals surface area (Å²) in [5, 5.41) is 8.94. The average molecular weight is 238 g/mol. The number of carboxylic acids is 1. The highest BCUT2D eigenvalue weighted by Gasteiger charge is 2.31. The molecule has 1 unspecified atom stereocenters. The summed E-state index contributed by atoms with van der Waals surface area (Å²) in [7, 11) is 0. The van der Waals surface area contributed by atoms with E-state index in [-0.39, 0.29) is 23.5 Å². The maximum atomic E-state index is 11.8. The molecule has 2 rings (SSSR count). The lowest BCUT2D eigenvalue weighted by Crippen LogP contribution is -2.23. The van der Waals surface area contributed by atoms with Gasteiger partial charge in [0.15, 0.2) is 10.7 Å². The third-order valence-corrected chi connectivity index (χ3v) is 4.24. The molecular formula is C11H10O4S. The van der Waals surface area contributed by atoms with Crippen molar-refractivity contribution in [3.63, 3.8) is 0 Å². The Kier molecular flexibility index (Phi) is 2.73. The number of carbonyl (C=O) groups excluding carboxylic acids is 1. The first-order valence-corrected chi connectivity index (χ1v) is 6.12. The normalized spacial score (nSPS) is 19.4. The maximum absolute atomic E-state index is 11.8. The summed E-state index contributed by atoms with van der Waals surface area (Å²) in [6.45, 7) is 1.60. The molecule has 0 radical (unpaired) electrons. The van der Waals surface area contributed by atoms with Crippen LogP contribution >= 0.6 is 0 Å². The van der Waals surface area contributed by atoms with Gasteiger partial charge in [-0.3, -0.25) is 4.79 Å². The molecule has 1 atom stereocenters. The second-order valence-corrected chi connectivity index (χ2v) is 5.15. The van der Waals surface area contributed by atoms with Crippen LogP contribution in [0.5, 0.6) is 0 Å². The minimum absolute atomic E-state index is 0.0605. The number of hydrogen-bond acceptors (Lipinski definition) is 3. The summed E-state index contributed by atoms with van der Waals surface area (Å²) < 4.78 is 11.8. The summed E-state index contributed by atoms with van der Waals surface area (Å²) in [6.07, 6.45) is 0.269. The van der Waals surface area contributed by atoms with Crippen LogP contribution < -0.4 is 0 Å². The molecule has 0 bridgehead atoms. The van der Waals surface area contributed by atoms with E-state index in [1.807, 2.05) is 0 Å². The second-order valence-electron chi connectivity index (χ2n) is 3.64. The Morgan fingerprint density at radius 1 is 1.50 bits per heavy atom. The highest BCUT2D eigenvalue weighted by Crippen LogP contribution is 2.30. The molecule has 1 heterocycles. The van der Waals surface area contributed by atoms with Gasteiger partial charge in [0.1, 0.15) is 5.75 Å². The van der Waals surface area contributed by atoms with Crippen LogP contribution in [0.15, 0.2) is 17.0 Å². The van der Waals surface area contributed by atoms with E-state index >= 15 is 0 Å². The summed E-state index contributed by atoms with van der Waals surface area (Å²) in [5.41, 5.74) is 0.963. The minimum Gasteiger partial charge on any atom is -0.611 e. The van der Waals surface area contributed by atoms with Gasteiger partial charge in [0, 0.05) is 5.56 Å². The van der Waals surface area contributed by atoms with E-state index in [1.54, 1.807) is 6.92 Å². The van der Waals surface area contributed by atoms with Crippen molar-refractivity contribution in [2.75, 3.05) is 5.75 Å². The molecule has 1 aliphatic rings. The number of aromatic carboxylic acids is 1. The van der Waals surface area contributed by atoms with Gasteiger partial charge in [-0.05, 0) is 30.2 Å². The fourth-order valence-corrected chi connectivity index (χ4v) is 3.31. The minimum atomic E-state index is -1.26. The maximum Gasteiger partial charge on any atom is 0.336 e. The Balaban J connectivity index is 2.67. The first-order valence-electron chi connectivity index (χ1n) is 4.81. The second kappa shape index (κ2) is 3.92. The van der Waals surface area contributed by atoms with Crippen LogP contribution in [0.25, 0.3) is 0 Å². The summed E-state index contributed by atoms with van der Waals surface area (Å²) in [5.74, 6) is -0.833. The van der Waals surface area contributed by atoms with Crippen LogP contribution in [0.4, 0.5) is 0 Å². The van der Waals surface area contributed by atoms with Crippen LogP contribution in [-0.2, 0) is 11.2 Å². The fourth-order valence-electron chi connectivity index (χ4n) is 1.86. The van der Waals surface area contributed by atoms with E-state index in [1.165, 1.54) is 12.1 Å². The molecule has 5 heteroatoms. The molecule has 1 aliphatic heterocycles. The van der Waals surface area contributed by atoms with E-state index in [0.29, 0.717) is 16.0 Å². The molecule has 1 aromatic carbocycles. The molecule has 0 amide bonds. The predicted octanol–water partition coefficient (Wildman–Crippen LogP) is 1.39. The number of ketones is 1.